The van der Waals surface area contributed by atoms with Gasteiger partial charge in [-0.1, -0.05) is 24.3 Å². The van der Waals surface area contributed by atoms with Crippen molar-refractivity contribution >= 4 is 11.7 Å². The molecule has 5 nitrogen and oxygen atoms in total. The first-order valence-electron chi connectivity index (χ1n) is 7.86. The molecule has 2 aromatic rings. The van der Waals surface area contributed by atoms with E-state index in [0.29, 0.717) is 11.4 Å². The molecule has 0 saturated carbocycles. The number of carbonyl (C=O) groups is 1. The van der Waals surface area contributed by atoms with Gasteiger partial charge in [-0.3, -0.25) is 4.79 Å². The molecule has 0 unspecified atom stereocenters. The van der Waals surface area contributed by atoms with Crippen LogP contribution in [0.5, 0.6) is 0 Å². The fraction of sp³-hybridized carbons (Fsp3) is 0.333. The van der Waals surface area contributed by atoms with Gasteiger partial charge in [-0.05, 0) is 36.7 Å². The second kappa shape index (κ2) is 6.38. The zero-order valence-corrected chi connectivity index (χ0v) is 13.6. The van der Waals surface area contributed by atoms with Crippen molar-refractivity contribution in [3.05, 3.63) is 47.7 Å². The van der Waals surface area contributed by atoms with Gasteiger partial charge in [-0.15, -0.1) is 0 Å². The van der Waals surface area contributed by atoms with Crippen molar-refractivity contribution in [3.63, 3.8) is 0 Å². The molecule has 0 atom stereocenters. The van der Waals surface area contributed by atoms with E-state index < -0.39 is 5.91 Å². The fourth-order valence-electron chi connectivity index (χ4n) is 3.05. The lowest BCUT2D eigenvalue weighted by Gasteiger charge is -2.34. The minimum atomic E-state index is -0.426. The van der Waals surface area contributed by atoms with Crippen LogP contribution in [0.15, 0.2) is 36.5 Å². The average molecular weight is 310 g/mol. The number of primary amides is 1. The standard InChI is InChI=1S/C18H22N4O/c1-13-5-3-4-6-14(13)15-7-8-20-18(16(15)17(19)23)22-11-9-21(2)10-12-22/h3-8H,9-12H2,1-2H3,(H2,19,23). The third kappa shape index (κ3) is 3.05. The summed E-state index contributed by atoms with van der Waals surface area (Å²) in [6, 6.07) is 9.90. The van der Waals surface area contributed by atoms with E-state index in [1.807, 2.05) is 37.3 Å². The third-order valence-corrected chi connectivity index (χ3v) is 4.42. The number of nitrogens with two attached hydrogens (primary N) is 1. The number of amides is 1. The van der Waals surface area contributed by atoms with Gasteiger partial charge in [0.25, 0.3) is 5.91 Å². The summed E-state index contributed by atoms with van der Waals surface area (Å²) in [4.78, 5) is 21.1. The Bertz CT molecular complexity index is 721. The number of hydrogen-bond acceptors (Lipinski definition) is 4. The number of aromatic nitrogens is 1. The van der Waals surface area contributed by atoms with E-state index >= 15 is 0 Å². The summed E-state index contributed by atoms with van der Waals surface area (Å²) in [6.07, 6.45) is 1.77. The second-order valence-corrected chi connectivity index (χ2v) is 6.03. The maximum absolute atomic E-state index is 12.2. The van der Waals surface area contributed by atoms with Crippen LogP contribution in [0, 0.1) is 6.92 Å². The summed E-state index contributed by atoms with van der Waals surface area (Å²) in [5.74, 6) is 0.275. The first-order valence-corrected chi connectivity index (χ1v) is 7.86. The monoisotopic (exact) mass is 310 g/mol. The van der Waals surface area contributed by atoms with Gasteiger partial charge in [0, 0.05) is 32.4 Å². The van der Waals surface area contributed by atoms with Crippen LogP contribution in [-0.4, -0.2) is 49.0 Å². The van der Waals surface area contributed by atoms with E-state index in [9.17, 15) is 4.79 Å². The van der Waals surface area contributed by atoms with Gasteiger partial charge in [0.2, 0.25) is 0 Å². The Labute approximate surface area is 136 Å². The molecule has 120 valence electrons. The van der Waals surface area contributed by atoms with Gasteiger partial charge in [0.1, 0.15) is 5.82 Å². The van der Waals surface area contributed by atoms with Crippen molar-refractivity contribution in [3.8, 4) is 11.1 Å². The van der Waals surface area contributed by atoms with E-state index in [4.69, 9.17) is 5.73 Å². The van der Waals surface area contributed by atoms with Crippen LogP contribution in [0.1, 0.15) is 15.9 Å². The summed E-state index contributed by atoms with van der Waals surface area (Å²) in [5.41, 5.74) is 9.24. The van der Waals surface area contributed by atoms with Crippen molar-refractivity contribution in [1.29, 1.82) is 0 Å². The van der Waals surface area contributed by atoms with Crippen molar-refractivity contribution in [2.75, 3.05) is 38.1 Å². The number of aryl methyl sites for hydroxylation is 1. The summed E-state index contributed by atoms with van der Waals surface area (Å²) >= 11 is 0. The van der Waals surface area contributed by atoms with Crippen LogP contribution in [-0.2, 0) is 0 Å². The van der Waals surface area contributed by atoms with E-state index in [-0.39, 0.29) is 0 Å². The lowest BCUT2D eigenvalue weighted by atomic mass is 9.96. The van der Waals surface area contributed by atoms with Gasteiger partial charge in [0.05, 0.1) is 5.56 Å². The fourth-order valence-corrected chi connectivity index (χ4v) is 3.05. The molecule has 2 heterocycles. The Kier molecular flexibility index (Phi) is 4.30. The molecule has 0 aliphatic carbocycles. The van der Waals surface area contributed by atoms with Crippen LogP contribution in [0.2, 0.25) is 0 Å². The van der Waals surface area contributed by atoms with Crippen molar-refractivity contribution in [2.24, 2.45) is 5.73 Å². The summed E-state index contributed by atoms with van der Waals surface area (Å²) < 4.78 is 0. The van der Waals surface area contributed by atoms with Gasteiger partial charge in [-0.2, -0.15) is 0 Å². The number of pyridine rings is 1. The number of benzene rings is 1. The van der Waals surface area contributed by atoms with Crippen molar-refractivity contribution in [1.82, 2.24) is 9.88 Å². The summed E-state index contributed by atoms with van der Waals surface area (Å²) in [6.45, 7) is 5.64. The van der Waals surface area contributed by atoms with Gasteiger partial charge in [-0.25, -0.2) is 4.98 Å². The Hall–Kier alpha value is -2.40. The highest BCUT2D eigenvalue weighted by Gasteiger charge is 2.23. The van der Waals surface area contributed by atoms with E-state index in [0.717, 1.165) is 42.9 Å². The number of carbonyl (C=O) groups excluding carboxylic acids is 1. The molecule has 0 bridgehead atoms. The van der Waals surface area contributed by atoms with Crippen LogP contribution in [0.4, 0.5) is 5.82 Å². The molecule has 1 aromatic carbocycles. The molecule has 1 fully saturated rings. The van der Waals surface area contributed by atoms with Crippen LogP contribution in [0.25, 0.3) is 11.1 Å². The number of likely N-dealkylation sites (N-methyl/N-ethyl adjacent to an activating group) is 1. The maximum atomic E-state index is 12.2. The Morgan fingerprint density at radius 2 is 1.78 bits per heavy atom. The molecule has 1 aliphatic rings. The lowest BCUT2D eigenvalue weighted by Crippen LogP contribution is -2.45. The maximum Gasteiger partial charge on any atom is 0.253 e. The first-order chi connectivity index (χ1) is 11.1. The molecule has 1 amide bonds. The van der Waals surface area contributed by atoms with Crippen LogP contribution < -0.4 is 10.6 Å². The van der Waals surface area contributed by atoms with Crippen LogP contribution in [0.3, 0.4) is 0 Å². The number of nitrogens with zero attached hydrogens (tertiary/aromatic N) is 3. The van der Waals surface area contributed by atoms with Gasteiger partial charge < -0.3 is 15.5 Å². The normalized spacial score (nSPS) is 15.7. The minimum Gasteiger partial charge on any atom is -0.365 e. The highest BCUT2D eigenvalue weighted by atomic mass is 16.1. The Morgan fingerprint density at radius 1 is 1.09 bits per heavy atom. The molecule has 23 heavy (non-hydrogen) atoms. The smallest absolute Gasteiger partial charge is 0.253 e. The molecule has 1 aromatic heterocycles. The molecule has 1 aliphatic heterocycles. The SMILES string of the molecule is Cc1ccccc1-c1ccnc(N2CCN(C)CC2)c1C(N)=O. The zero-order valence-electron chi connectivity index (χ0n) is 13.6. The number of hydrogen-bond donors (Lipinski definition) is 1. The molecule has 0 radical (unpaired) electrons. The molecule has 0 spiro atoms. The molecule has 1 saturated heterocycles. The van der Waals surface area contributed by atoms with E-state index in [1.54, 1.807) is 6.20 Å². The van der Waals surface area contributed by atoms with E-state index in [1.165, 1.54) is 0 Å². The second-order valence-electron chi connectivity index (χ2n) is 6.03. The predicted octanol–water partition coefficient (Wildman–Crippen LogP) is 1.91. The molecule has 2 N–H and O–H groups in total. The summed E-state index contributed by atoms with van der Waals surface area (Å²) in [7, 11) is 2.10. The lowest BCUT2D eigenvalue weighted by molar-refractivity contribution is 0.100. The number of rotatable bonds is 3. The molecule has 5 heteroatoms. The average Bonchev–Trinajstić information content (AvgIpc) is 2.55. The van der Waals surface area contributed by atoms with Crippen molar-refractivity contribution in [2.45, 2.75) is 6.92 Å². The minimum absolute atomic E-state index is 0.426. The third-order valence-electron chi connectivity index (χ3n) is 4.42. The Balaban J connectivity index is 2.10. The van der Waals surface area contributed by atoms with Gasteiger partial charge >= 0.3 is 0 Å². The quantitative estimate of drug-likeness (QED) is 0.940. The largest absolute Gasteiger partial charge is 0.365 e. The van der Waals surface area contributed by atoms with Gasteiger partial charge in [0.15, 0.2) is 0 Å². The highest BCUT2D eigenvalue weighted by Crippen LogP contribution is 2.31. The predicted molar refractivity (Wildman–Crippen MR) is 92.6 cm³/mol. The zero-order chi connectivity index (χ0) is 16.4. The van der Waals surface area contributed by atoms with E-state index in [2.05, 4.69) is 21.8 Å². The van der Waals surface area contributed by atoms with Crippen LogP contribution >= 0.6 is 0 Å². The molecular weight excluding hydrogens is 288 g/mol. The molecular formula is C18H22N4O. The summed E-state index contributed by atoms with van der Waals surface area (Å²) in [5, 5.41) is 0. The highest BCUT2D eigenvalue weighted by molar-refractivity contribution is 6.04. The first kappa shape index (κ1) is 15.5. The van der Waals surface area contributed by atoms with Crippen molar-refractivity contribution < 1.29 is 4.79 Å². The number of anilines is 1. The Morgan fingerprint density at radius 3 is 2.43 bits per heavy atom. The molecule has 3 rings (SSSR count). The number of piperazine rings is 1. The topological polar surface area (TPSA) is 62.5 Å².